The number of hydrogen-bond donors (Lipinski definition) is 0. The van der Waals surface area contributed by atoms with Crippen LogP contribution in [0.4, 0.5) is 5.69 Å². The fraction of sp³-hybridized carbons (Fsp3) is 0.316. The first-order valence-corrected chi connectivity index (χ1v) is 9.45. The highest BCUT2D eigenvalue weighted by Crippen LogP contribution is 2.36. The summed E-state index contributed by atoms with van der Waals surface area (Å²) >= 11 is 6.75. The van der Waals surface area contributed by atoms with Crippen molar-refractivity contribution in [1.29, 1.82) is 0 Å². The summed E-state index contributed by atoms with van der Waals surface area (Å²) in [6, 6.07) is 5.78. The number of pyridine rings is 1. The van der Waals surface area contributed by atoms with Crippen LogP contribution in [0.1, 0.15) is 30.8 Å². The van der Waals surface area contributed by atoms with Gasteiger partial charge in [-0.2, -0.15) is 0 Å². The van der Waals surface area contributed by atoms with Gasteiger partial charge in [0.1, 0.15) is 0 Å². The molecule has 25 heavy (non-hydrogen) atoms. The number of nitrogens with zero attached hydrogens (tertiary/aromatic N) is 3. The second kappa shape index (κ2) is 7.14. The van der Waals surface area contributed by atoms with Gasteiger partial charge in [0.2, 0.25) is 0 Å². The van der Waals surface area contributed by atoms with Crippen LogP contribution < -0.4 is 4.90 Å². The predicted octanol–water partition coefficient (Wildman–Crippen LogP) is 4.56. The fourth-order valence-electron chi connectivity index (χ4n) is 2.94. The van der Waals surface area contributed by atoms with Gasteiger partial charge in [0, 0.05) is 24.1 Å². The highest BCUT2D eigenvalue weighted by Gasteiger charge is 2.33. The van der Waals surface area contributed by atoms with E-state index in [1.165, 1.54) is 23.1 Å². The number of amides is 1. The summed E-state index contributed by atoms with van der Waals surface area (Å²) in [5.74, 6) is 0.484. The molecule has 130 valence electrons. The van der Waals surface area contributed by atoms with Gasteiger partial charge in [0.25, 0.3) is 5.91 Å². The molecule has 6 heteroatoms. The Morgan fingerprint density at radius 2 is 2.12 bits per heavy atom. The van der Waals surface area contributed by atoms with Gasteiger partial charge >= 0.3 is 0 Å². The van der Waals surface area contributed by atoms with E-state index in [1.807, 2.05) is 12.1 Å². The summed E-state index contributed by atoms with van der Waals surface area (Å²) in [6.07, 6.45) is 5.29. The van der Waals surface area contributed by atoms with E-state index in [2.05, 4.69) is 43.3 Å². The van der Waals surface area contributed by atoms with Crippen molar-refractivity contribution >= 4 is 46.0 Å². The van der Waals surface area contributed by atoms with Crippen molar-refractivity contribution < 1.29 is 4.79 Å². The Labute approximate surface area is 157 Å². The summed E-state index contributed by atoms with van der Waals surface area (Å²) < 4.78 is 2.85. The van der Waals surface area contributed by atoms with Gasteiger partial charge in [-0.25, -0.2) is 0 Å². The topological polar surface area (TPSA) is 38.1 Å². The fourth-order valence-corrected chi connectivity index (χ4v) is 4.23. The molecule has 1 fully saturated rings. The molecule has 0 spiro atoms. The zero-order valence-corrected chi connectivity index (χ0v) is 16.4. The highest BCUT2D eigenvalue weighted by molar-refractivity contribution is 8.27. The van der Waals surface area contributed by atoms with Gasteiger partial charge in [-0.05, 0) is 49.6 Å². The standard InChI is InChI=1S/C19H21N3OS2/c1-12(2)11-21-13(3)8-15(14(21)4)9-17-18(23)22(19(24)25-17)16-6-5-7-20-10-16/h5-10,12H,11H2,1-4H3/b17-9-. The van der Waals surface area contributed by atoms with E-state index in [9.17, 15) is 4.79 Å². The van der Waals surface area contributed by atoms with E-state index in [0.29, 0.717) is 20.8 Å². The molecule has 1 saturated heterocycles. The van der Waals surface area contributed by atoms with Crippen LogP contribution in [-0.2, 0) is 11.3 Å². The summed E-state index contributed by atoms with van der Waals surface area (Å²) in [4.78, 5) is 19.1. The molecule has 0 atom stereocenters. The quantitative estimate of drug-likeness (QED) is 0.583. The van der Waals surface area contributed by atoms with Crippen molar-refractivity contribution in [1.82, 2.24) is 9.55 Å². The Balaban J connectivity index is 1.93. The van der Waals surface area contributed by atoms with Crippen molar-refractivity contribution in [3.05, 3.63) is 52.4 Å². The maximum absolute atomic E-state index is 12.8. The second-order valence-corrected chi connectivity index (χ2v) is 8.24. The lowest BCUT2D eigenvalue weighted by Gasteiger charge is -2.13. The maximum Gasteiger partial charge on any atom is 0.270 e. The number of anilines is 1. The zero-order chi connectivity index (χ0) is 18.1. The normalized spacial score (nSPS) is 16.5. The Bertz CT molecular complexity index is 853. The van der Waals surface area contributed by atoms with Gasteiger partial charge in [-0.1, -0.05) is 37.8 Å². The first-order valence-electron chi connectivity index (χ1n) is 8.23. The Morgan fingerprint density at radius 1 is 1.36 bits per heavy atom. The van der Waals surface area contributed by atoms with Crippen molar-refractivity contribution in [2.75, 3.05) is 4.90 Å². The van der Waals surface area contributed by atoms with Crippen LogP contribution in [0.2, 0.25) is 0 Å². The Hall–Kier alpha value is -1.92. The lowest BCUT2D eigenvalue weighted by atomic mass is 10.2. The molecule has 0 saturated carbocycles. The van der Waals surface area contributed by atoms with Crippen molar-refractivity contribution in [3.8, 4) is 0 Å². The number of carbonyl (C=O) groups is 1. The van der Waals surface area contributed by atoms with Crippen molar-refractivity contribution in [2.24, 2.45) is 5.92 Å². The van der Waals surface area contributed by atoms with Gasteiger partial charge in [-0.15, -0.1) is 0 Å². The van der Waals surface area contributed by atoms with E-state index in [0.717, 1.165) is 12.1 Å². The van der Waals surface area contributed by atoms with Gasteiger partial charge in [0.15, 0.2) is 4.32 Å². The molecule has 3 heterocycles. The summed E-state index contributed by atoms with van der Waals surface area (Å²) in [6.45, 7) is 9.59. The smallest absolute Gasteiger partial charge is 0.270 e. The number of thioether (sulfide) groups is 1. The number of thiocarbonyl (C=S) groups is 1. The van der Waals surface area contributed by atoms with Crippen LogP contribution in [0, 0.1) is 19.8 Å². The lowest BCUT2D eigenvalue weighted by molar-refractivity contribution is -0.113. The minimum atomic E-state index is -0.0864. The van der Waals surface area contributed by atoms with Crippen molar-refractivity contribution in [3.63, 3.8) is 0 Å². The monoisotopic (exact) mass is 371 g/mol. The number of aryl methyl sites for hydroxylation is 1. The van der Waals surface area contributed by atoms with Crippen LogP contribution >= 0.6 is 24.0 Å². The molecule has 4 nitrogen and oxygen atoms in total. The molecule has 2 aromatic rings. The molecule has 1 aliphatic rings. The van der Waals surface area contributed by atoms with Gasteiger partial charge in [-0.3, -0.25) is 14.7 Å². The third kappa shape index (κ3) is 3.55. The Morgan fingerprint density at radius 3 is 2.76 bits per heavy atom. The van der Waals surface area contributed by atoms with Crippen LogP contribution in [0.5, 0.6) is 0 Å². The average molecular weight is 372 g/mol. The second-order valence-electron chi connectivity index (χ2n) is 6.56. The first-order chi connectivity index (χ1) is 11.9. The molecule has 0 N–H and O–H groups in total. The SMILES string of the molecule is Cc1cc(/C=C2\SC(=S)N(c3cccnc3)C2=O)c(C)n1CC(C)C. The van der Waals surface area contributed by atoms with E-state index < -0.39 is 0 Å². The van der Waals surface area contributed by atoms with Crippen LogP contribution in [0.3, 0.4) is 0 Å². The highest BCUT2D eigenvalue weighted by atomic mass is 32.2. The third-order valence-corrected chi connectivity index (χ3v) is 5.45. The lowest BCUT2D eigenvalue weighted by Crippen LogP contribution is -2.27. The van der Waals surface area contributed by atoms with Gasteiger partial charge < -0.3 is 4.57 Å². The number of rotatable bonds is 4. The molecular weight excluding hydrogens is 350 g/mol. The minimum absolute atomic E-state index is 0.0864. The number of carbonyl (C=O) groups excluding carboxylic acids is 1. The molecule has 0 bridgehead atoms. The average Bonchev–Trinajstić information content (AvgIpc) is 2.99. The molecule has 2 aromatic heterocycles. The van der Waals surface area contributed by atoms with Crippen LogP contribution in [0.15, 0.2) is 35.5 Å². The molecule has 1 amide bonds. The maximum atomic E-state index is 12.8. The summed E-state index contributed by atoms with van der Waals surface area (Å²) in [5.41, 5.74) is 4.17. The third-order valence-electron chi connectivity index (χ3n) is 4.14. The minimum Gasteiger partial charge on any atom is -0.348 e. The molecule has 0 unspecified atom stereocenters. The molecule has 3 rings (SSSR count). The van der Waals surface area contributed by atoms with E-state index in [1.54, 1.807) is 23.4 Å². The number of aromatic nitrogens is 2. The molecule has 0 radical (unpaired) electrons. The first kappa shape index (κ1) is 17.9. The van der Waals surface area contributed by atoms with E-state index >= 15 is 0 Å². The zero-order valence-electron chi connectivity index (χ0n) is 14.8. The van der Waals surface area contributed by atoms with Crippen LogP contribution in [0.25, 0.3) is 6.08 Å². The van der Waals surface area contributed by atoms with Gasteiger partial charge in [0.05, 0.1) is 16.8 Å². The Kier molecular flexibility index (Phi) is 5.11. The molecule has 0 aliphatic carbocycles. The largest absolute Gasteiger partial charge is 0.348 e. The molecular formula is C19H21N3OS2. The predicted molar refractivity (Wildman–Crippen MR) is 109 cm³/mol. The summed E-state index contributed by atoms with van der Waals surface area (Å²) in [5, 5.41) is 0. The van der Waals surface area contributed by atoms with Crippen molar-refractivity contribution in [2.45, 2.75) is 34.2 Å². The number of hydrogen-bond acceptors (Lipinski definition) is 4. The molecule has 0 aromatic carbocycles. The molecule has 1 aliphatic heterocycles. The van der Waals surface area contributed by atoms with E-state index in [4.69, 9.17) is 12.2 Å². The van der Waals surface area contributed by atoms with Crippen LogP contribution in [-0.4, -0.2) is 19.8 Å². The summed E-state index contributed by atoms with van der Waals surface area (Å²) in [7, 11) is 0. The van der Waals surface area contributed by atoms with E-state index in [-0.39, 0.29) is 5.91 Å².